The molecule has 0 aliphatic rings. The first kappa shape index (κ1) is 22.8. The zero-order valence-corrected chi connectivity index (χ0v) is 12.5. The van der Waals surface area contributed by atoms with Gasteiger partial charge in [0.05, 0.1) is 6.04 Å². The van der Waals surface area contributed by atoms with E-state index in [-0.39, 0.29) is 6.42 Å². The van der Waals surface area contributed by atoms with Gasteiger partial charge in [0.25, 0.3) is 0 Å². The fourth-order valence-electron chi connectivity index (χ4n) is 0.935. The summed E-state index contributed by atoms with van der Waals surface area (Å²) in [4.78, 5) is 29.6. The average Bonchev–Trinajstić information content (AvgIpc) is 2.36. The lowest BCUT2D eigenvalue weighted by atomic mass is 10.2. The third kappa shape index (κ3) is 16.6. The Balaban J connectivity index is 0. The first-order valence-corrected chi connectivity index (χ1v) is 7.28. The number of halogens is 3. The van der Waals surface area contributed by atoms with E-state index in [9.17, 15) is 22.8 Å². The summed E-state index contributed by atoms with van der Waals surface area (Å²) in [6, 6.07) is -0.559. The van der Waals surface area contributed by atoms with Crippen molar-refractivity contribution in [2.24, 2.45) is 11.5 Å². The lowest BCUT2D eigenvalue weighted by molar-refractivity contribution is -0.192. The highest BCUT2D eigenvalue weighted by Gasteiger charge is 2.38. The topological polar surface area (TPSA) is 144 Å². The molecular weight excluding hydrogens is 329 g/mol. The molecule has 6 N–H and O–H groups in total. The second-order valence-electron chi connectivity index (χ2n) is 4.06. The van der Waals surface area contributed by atoms with Crippen LogP contribution in [0.4, 0.5) is 13.2 Å². The quantitative estimate of drug-likeness (QED) is 0.451. The fourth-order valence-corrected chi connectivity index (χ4v) is 1.97. The van der Waals surface area contributed by atoms with Crippen LogP contribution in [0, 0.1) is 0 Å². The minimum absolute atomic E-state index is 0.224. The van der Waals surface area contributed by atoms with Crippen LogP contribution < -0.4 is 11.5 Å². The molecule has 0 saturated carbocycles. The number of primary amides is 1. The maximum absolute atomic E-state index is 10.6. The Morgan fingerprint density at radius 2 is 1.59 bits per heavy atom. The van der Waals surface area contributed by atoms with Crippen molar-refractivity contribution in [2.45, 2.75) is 37.9 Å². The molecule has 0 aromatic rings. The molecule has 0 spiro atoms. The van der Waals surface area contributed by atoms with Gasteiger partial charge < -0.3 is 21.7 Å². The number of carbonyl (C=O) groups is 3. The summed E-state index contributed by atoms with van der Waals surface area (Å²) in [7, 11) is 0. The van der Waals surface area contributed by atoms with Gasteiger partial charge in [0.15, 0.2) is 0 Å². The average molecular weight is 348 g/mol. The van der Waals surface area contributed by atoms with Gasteiger partial charge in [-0.1, -0.05) is 0 Å². The van der Waals surface area contributed by atoms with E-state index in [1.165, 1.54) is 0 Å². The molecular formula is C11H19F3N2O5S. The van der Waals surface area contributed by atoms with Crippen molar-refractivity contribution < 1.29 is 37.8 Å². The third-order valence-corrected chi connectivity index (χ3v) is 3.21. The van der Waals surface area contributed by atoms with Crippen molar-refractivity contribution in [2.75, 3.05) is 11.5 Å². The van der Waals surface area contributed by atoms with Crippen molar-refractivity contribution in [1.82, 2.24) is 0 Å². The van der Waals surface area contributed by atoms with Gasteiger partial charge in [0, 0.05) is 6.42 Å². The van der Waals surface area contributed by atoms with Crippen LogP contribution in [0.1, 0.15) is 25.7 Å². The summed E-state index contributed by atoms with van der Waals surface area (Å²) < 4.78 is 31.7. The molecule has 0 heterocycles. The van der Waals surface area contributed by atoms with Crippen LogP contribution in [0.15, 0.2) is 0 Å². The number of rotatable bonds is 9. The first-order valence-electron chi connectivity index (χ1n) is 6.13. The molecule has 130 valence electrons. The summed E-state index contributed by atoms with van der Waals surface area (Å²) in [6.45, 7) is 0. The normalized spacial score (nSPS) is 12.0. The fraction of sp³-hybridized carbons (Fsp3) is 0.727. The van der Waals surface area contributed by atoms with Gasteiger partial charge in [-0.2, -0.15) is 24.9 Å². The summed E-state index contributed by atoms with van der Waals surface area (Å²) in [5.41, 5.74) is 10.4. The second-order valence-corrected chi connectivity index (χ2v) is 5.29. The smallest absolute Gasteiger partial charge is 0.481 e. The molecule has 1 unspecified atom stereocenters. The van der Waals surface area contributed by atoms with Crippen molar-refractivity contribution in [1.29, 1.82) is 0 Å². The molecule has 0 saturated heterocycles. The van der Waals surface area contributed by atoms with Crippen LogP contribution in [-0.4, -0.2) is 51.8 Å². The molecule has 0 fully saturated rings. The minimum Gasteiger partial charge on any atom is -0.481 e. The number of amides is 1. The second kappa shape index (κ2) is 12.1. The standard InChI is InChI=1S/C9H18N2O3S.C2HF3O2/c10-7(9(11)14)4-6-15-5-2-1-3-8(12)13;3-2(4,5)1(6)7/h7H,1-6,10H2,(H2,11,14)(H,12,13);(H,6,7). The highest BCUT2D eigenvalue weighted by atomic mass is 32.2. The largest absolute Gasteiger partial charge is 0.490 e. The number of carbonyl (C=O) groups excluding carboxylic acids is 1. The Bertz CT molecular complexity index is 366. The Morgan fingerprint density at radius 1 is 1.09 bits per heavy atom. The van der Waals surface area contributed by atoms with Crippen LogP contribution in [0.5, 0.6) is 0 Å². The zero-order valence-electron chi connectivity index (χ0n) is 11.6. The van der Waals surface area contributed by atoms with Gasteiger partial charge in [-0.25, -0.2) is 4.79 Å². The molecule has 0 rings (SSSR count). The molecule has 0 aromatic heterocycles. The number of hydrogen-bond acceptors (Lipinski definition) is 5. The van der Waals surface area contributed by atoms with Crippen molar-refractivity contribution >= 4 is 29.6 Å². The molecule has 11 heteroatoms. The van der Waals surface area contributed by atoms with E-state index in [0.29, 0.717) is 12.8 Å². The van der Waals surface area contributed by atoms with Crippen LogP contribution in [-0.2, 0) is 14.4 Å². The van der Waals surface area contributed by atoms with Crippen LogP contribution >= 0.6 is 11.8 Å². The Kier molecular flexibility index (Phi) is 12.5. The predicted molar refractivity (Wildman–Crippen MR) is 74.3 cm³/mol. The number of alkyl halides is 3. The lowest BCUT2D eigenvalue weighted by Crippen LogP contribution is -2.36. The van der Waals surface area contributed by atoms with Gasteiger partial charge in [-0.15, -0.1) is 0 Å². The molecule has 1 amide bonds. The maximum atomic E-state index is 10.6. The van der Waals surface area contributed by atoms with Crippen LogP contribution in [0.3, 0.4) is 0 Å². The molecule has 7 nitrogen and oxygen atoms in total. The minimum atomic E-state index is -5.08. The van der Waals surface area contributed by atoms with E-state index in [2.05, 4.69) is 0 Å². The molecule has 0 aromatic carbocycles. The predicted octanol–water partition coefficient (Wildman–Crippen LogP) is 0.810. The van der Waals surface area contributed by atoms with Gasteiger partial charge in [0.1, 0.15) is 0 Å². The summed E-state index contributed by atoms with van der Waals surface area (Å²) in [5, 5.41) is 15.5. The number of carboxylic acid groups (broad SMARTS) is 2. The third-order valence-electron chi connectivity index (χ3n) is 2.11. The summed E-state index contributed by atoms with van der Waals surface area (Å²) in [5.74, 6) is -2.29. The van der Waals surface area contributed by atoms with E-state index in [4.69, 9.17) is 26.5 Å². The molecule has 0 radical (unpaired) electrons. The van der Waals surface area contributed by atoms with Crippen LogP contribution in [0.25, 0.3) is 0 Å². The Labute approximate surface area is 129 Å². The van der Waals surface area contributed by atoms with Gasteiger partial charge in [-0.05, 0) is 30.8 Å². The van der Waals surface area contributed by atoms with E-state index >= 15 is 0 Å². The van der Waals surface area contributed by atoms with Crippen molar-refractivity contribution in [3.8, 4) is 0 Å². The number of carboxylic acids is 2. The first-order chi connectivity index (χ1) is 9.98. The number of aliphatic carboxylic acids is 2. The van der Waals surface area contributed by atoms with Crippen LogP contribution in [0.2, 0.25) is 0 Å². The number of unbranched alkanes of at least 4 members (excludes halogenated alkanes) is 1. The molecule has 0 aliphatic carbocycles. The monoisotopic (exact) mass is 348 g/mol. The van der Waals surface area contributed by atoms with Gasteiger partial charge >= 0.3 is 18.1 Å². The van der Waals surface area contributed by atoms with E-state index < -0.39 is 30.1 Å². The van der Waals surface area contributed by atoms with Crippen molar-refractivity contribution in [3.63, 3.8) is 0 Å². The summed E-state index contributed by atoms with van der Waals surface area (Å²) >= 11 is 1.67. The maximum Gasteiger partial charge on any atom is 0.490 e. The number of nitrogens with two attached hydrogens (primary N) is 2. The lowest BCUT2D eigenvalue weighted by Gasteiger charge is -2.06. The number of hydrogen-bond donors (Lipinski definition) is 4. The van der Waals surface area contributed by atoms with E-state index in [1.807, 2.05) is 0 Å². The SMILES string of the molecule is NC(=O)C(N)CCSCCCCC(=O)O.O=C(O)C(F)(F)F. The van der Waals surface area contributed by atoms with E-state index in [1.54, 1.807) is 11.8 Å². The molecule has 1 atom stereocenters. The highest BCUT2D eigenvalue weighted by molar-refractivity contribution is 7.99. The van der Waals surface area contributed by atoms with Crippen molar-refractivity contribution in [3.05, 3.63) is 0 Å². The molecule has 0 bridgehead atoms. The van der Waals surface area contributed by atoms with E-state index in [0.717, 1.165) is 17.9 Å². The zero-order chi connectivity index (χ0) is 17.8. The summed E-state index contributed by atoms with van der Waals surface area (Å²) in [6.07, 6.45) is -2.70. The Morgan fingerprint density at radius 3 is 1.95 bits per heavy atom. The molecule has 22 heavy (non-hydrogen) atoms. The van der Waals surface area contributed by atoms with Gasteiger partial charge in [0.2, 0.25) is 5.91 Å². The van der Waals surface area contributed by atoms with Gasteiger partial charge in [-0.3, -0.25) is 9.59 Å². The Hall–Kier alpha value is -1.49. The highest BCUT2D eigenvalue weighted by Crippen LogP contribution is 2.13. The molecule has 0 aliphatic heterocycles. The number of thioether (sulfide) groups is 1.